The standard InChI is InChI=1S/C13H14Cl2N2O4/c1-21-9-3-2-7(4-9)16-13(18)10-5-8(17(19)20)6-11(14)12(10)15/h5-7,9H,2-4H2,1H3,(H,16,18). The number of amides is 1. The molecule has 8 heteroatoms. The number of non-ortho nitro benzene ring substituents is 1. The summed E-state index contributed by atoms with van der Waals surface area (Å²) >= 11 is 11.8. The highest BCUT2D eigenvalue weighted by Crippen LogP contribution is 2.31. The lowest BCUT2D eigenvalue weighted by Gasteiger charge is -2.14. The first-order valence-corrected chi connectivity index (χ1v) is 7.15. The predicted molar refractivity (Wildman–Crippen MR) is 79.0 cm³/mol. The van der Waals surface area contributed by atoms with Crippen molar-refractivity contribution in [1.82, 2.24) is 5.32 Å². The van der Waals surface area contributed by atoms with Crippen molar-refractivity contribution in [3.63, 3.8) is 0 Å². The van der Waals surface area contributed by atoms with Crippen LogP contribution < -0.4 is 5.32 Å². The average Bonchev–Trinajstić information content (AvgIpc) is 2.88. The second-order valence-electron chi connectivity index (χ2n) is 4.89. The normalized spacial score (nSPS) is 21.3. The van der Waals surface area contributed by atoms with Crippen LogP contribution in [0.5, 0.6) is 0 Å². The van der Waals surface area contributed by atoms with Crippen molar-refractivity contribution in [2.24, 2.45) is 0 Å². The van der Waals surface area contributed by atoms with E-state index in [0.29, 0.717) is 6.42 Å². The molecule has 2 rings (SSSR count). The molecule has 1 aromatic carbocycles. The number of nitro benzene ring substituents is 1. The van der Waals surface area contributed by atoms with Crippen LogP contribution in [0.3, 0.4) is 0 Å². The van der Waals surface area contributed by atoms with Gasteiger partial charge in [0.25, 0.3) is 11.6 Å². The number of methoxy groups -OCH3 is 1. The third-order valence-corrected chi connectivity index (χ3v) is 4.32. The van der Waals surface area contributed by atoms with Crippen molar-refractivity contribution in [3.8, 4) is 0 Å². The number of benzene rings is 1. The zero-order valence-corrected chi connectivity index (χ0v) is 12.8. The van der Waals surface area contributed by atoms with Crippen molar-refractivity contribution < 1.29 is 14.5 Å². The number of carbonyl (C=O) groups excluding carboxylic acids is 1. The highest BCUT2D eigenvalue weighted by molar-refractivity contribution is 6.44. The van der Waals surface area contributed by atoms with Gasteiger partial charge >= 0.3 is 0 Å². The summed E-state index contributed by atoms with van der Waals surface area (Å²) in [4.78, 5) is 22.4. The molecular formula is C13H14Cl2N2O4. The molecule has 6 nitrogen and oxygen atoms in total. The van der Waals surface area contributed by atoms with Gasteiger partial charge in [0.15, 0.2) is 0 Å². The Morgan fingerprint density at radius 2 is 2.14 bits per heavy atom. The van der Waals surface area contributed by atoms with Gasteiger partial charge in [-0.15, -0.1) is 0 Å². The van der Waals surface area contributed by atoms with Crippen molar-refractivity contribution in [1.29, 1.82) is 0 Å². The Kier molecular flexibility index (Phi) is 5.03. The number of ether oxygens (including phenoxy) is 1. The summed E-state index contributed by atoms with van der Waals surface area (Å²) in [5, 5.41) is 13.6. The fourth-order valence-electron chi connectivity index (χ4n) is 2.39. The minimum atomic E-state index is -0.616. The first-order chi connectivity index (χ1) is 9.92. The van der Waals surface area contributed by atoms with Gasteiger partial charge in [0.2, 0.25) is 0 Å². The molecule has 0 saturated heterocycles. The molecule has 0 aromatic heterocycles. The Morgan fingerprint density at radius 1 is 1.43 bits per heavy atom. The summed E-state index contributed by atoms with van der Waals surface area (Å²) in [6, 6.07) is 2.22. The van der Waals surface area contributed by atoms with Gasteiger partial charge in [0, 0.05) is 25.3 Å². The molecule has 1 saturated carbocycles. The number of halogens is 2. The van der Waals surface area contributed by atoms with Crippen LogP contribution >= 0.6 is 23.2 Å². The Hall–Kier alpha value is -1.37. The Bertz CT molecular complexity index is 580. The van der Waals surface area contributed by atoms with E-state index in [-0.39, 0.29) is 33.4 Å². The summed E-state index contributed by atoms with van der Waals surface area (Å²) < 4.78 is 5.23. The molecule has 0 spiro atoms. The monoisotopic (exact) mass is 332 g/mol. The van der Waals surface area contributed by atoms with Gasteiger partial charge in [0.1, 0.15) is 0 Å². The molecule has 1 N–H and O–H groups in total. The predicted octanol–water partition coefficient (Wildman–Crippen LogP) is 3.20. The molecule has 1 aliphatic carbocycles. The van der Waals surface area contributed by atoms with Crippen LogP contribution in [0.4, 0.5) is 5.69 Å². The van der Waals surface area contributed by atoms with Gasteiger partial charge in [-0.3, -0.25) is 14.9 Å². The van der Waals surface area contributed by atoms with Crippen molar-refractivity contribution in [2.75, 3.05) is 7.11 Å². The average molecular weight is 333 g/mol. The molecule has 1 aromatic rings. The Morgan fingerprint density at radius 3 is 2.71 bits per heavy atom. The first kappa shape index (κ1) is 16.0. The lowest BCUT2D eigenvalue weighted by molar-refractivity contribution is -0.384. The number of hydrogen-bond acceptors (Lipinski definition) is 4. The maximum atomic E-state index is 12.2. The summed E-state index contributed by atoms with van der Waals surface area (Å²) in [6.07, 6.45) is 2.50. The molecule has 1 aliphatic rings. The van der Waals surface area contributed by atoms with Crippen LogP contribution in [-0.4, -0.2) is 30.1 Å². The van der Waals surface area contributed by atoms with Crippen molar-refractivity contribution in [3.05, 3.63) is 37.9 Å². The van der Waals surface area contributed by atoms with Crippen molar-refractivity contribution in [2.45, 2.75) is 31.4 Å². The van der Waals surface area contributed by atoms with Crippen LogP contribution in [0, 0.1) is 10.1 Å². The Labute approximate surface area is 131 Å². The second-order valence-corrected chi connectivity index (χ2v) is 5.67. The van der Waals surface area contributed by atoms with Gasteiger partial charge < -0.3 is 10.1 Å². The largest absolute Gasteiger partial charge is 0.381 e. The maximum Gasteiger partial charge on any atom is 0.271 e. The smallest absolute Gasteiger partial charge is 0.271 e. The lowest BCUT2D eigenvalue weighted by Crippen LogP contribution is -2.33. The molecule has 0 aliphatic heterocycles. The highest BCUT2D eigenvalue weighted by Gasteiger charge is 2.27. The number of carbonyl (C=O) groups is 1. The minimum absolute atomic E-state index is 0.0109. The molecular weight excluding hydrogens is 319 g/mol. The summed E-state index contributed by atoms with van der Waals surface area (Å²) in [6.45, 7) is 0. The molecule has 0 bridgehead atoms. The summed E-state index contributed by atoms with van der Waals surface area (Å²) in [5.41, 5.74) is -0.257. The van der Waals surface area contributed by atoms with Gasteiger partial charge in [-0.05, 0) is 19.3 Å². The quantitative estimate of drug-likeness (QED) is 0.678. The van der Waals surface area contributed by atoms with Gasteiger partial charge in [-0.2, -0.15) is 0 Å². The molecule has 114 valence electrons. The van der Waals surface area contributed by atoms with Crippen LogP contribution in [0.15, 0.2) is 12.1 Å². The van der Waals surface area contributed by atoms with Gasteiger partial charge in [0.05, 0.1) is 26.6 Å². The molecule has 1 fully saturated rings. The number of nitrogens with one attached hydrogen (secondary N) is 1. The topological polar surface area (TPSA) is 81.5 Å². The van der Waals surface area contributed by atoms with Crippen LogP contribution in [0.2, 0.25) is 10.0 Å². The van der Waals surface area contributed by atoms with Crippen LogP contribution in [-0.2, 0) is 4.74 Å². The second kappa shape index (κ2) is 6.60. The number of hydrogen-bond donors (Lipinski definition) is 1. The Balaban J connectivity index is 2.17. The number of nitro groups is 1. The lowest BCUT2D eigenvalue weighted by atomic mass is 10.1. The zero-order chi connectivity index (χ0) is 15.6. The third kappa shape index (κ3) is 3.64. The van der Waals surface area contributed by atoms with E-state index in [4.69, 9.17) is 27.9 Å². The first-order valence-electron chi connectivity index (χ1n) is 6.39. The van der Waals surface area contributed by atoms with E-state index in [0.717, 1.165) is 25.0 Å². The maximum absolute atomic E-state index is 12.2. The van der Waals surface area contributed by atoms with Gasteiger partial charge in [-0.25, -0.2) is 0 Å². The molecule has 2 atom stereocenters. The molecule has 21 heavy (non-hydrogen) atoms. The molecule has 1 amide bonds. The van der Waals surface area contributed by atoms with E-state index in [2.05, 4.69) is 5.32 Å². The van der Waals surface area contributed by atoms with Crippen molar-refractivity contribution >= 4 is 34.8 Å². The summed E-state index contributed by atoms with van der Waals surface area (Å²) in [7, 11) is 1.63. The molecule has 2 unspecified atom stereocenters. The molecule has 0 radical (unpaired) electrons. The SMILES string of the molecule is COC1CCC(NC(=O)c2cc([N+](=O)[O-])cc(Cl)c2Cl)C1. The summed E-state index contributed by atoms with van der Waals surface area (Å²) in [5.74, 6) is -0.465. The third-order valence-electron chi connectivity index (χ3n) is 3.52. The fraction of sp³-hybridized carbons (Fsp3) is 0.462. The van der Waals surface area contributed by atoms with Crippen LogP contribution in [0.25, 0.3) is 0 Å². The fourth-order valence-corrected chi connectivity index (χ4v) is 2.80. The van der Waals surface area contributed by atoms with E-state index in [1.165, 1.54) is 0 Å². The van der Waals surface area contributed by atoms with Crippen LogP contribution in [0.1, 0.15) is 29.6 Å². The van der Waals surface area contributed by atoms with E-state index in [1.54, 1.807) is 7.11 Å². The zero-order valence-electron chi connectivity index (χ0n) is 11.3. The molecule has 0 heterocycles. The highest BCUT2D eigenvalue weighted by atomic mass is 35.5. The van der Waals surface area contributed by atoms with E-state index >= 15 is 0 Å². The minimum Gasteiger partial charge on any atom is -0.381 e. The van der Waals surface area contributed by atoms with E-state index in [9.17, 15) is 14.9 Å². The number of rotatable bonds is 4. The number of nitrogens with zero attached hydrogens (tertiary/aromatic N) is 1. The van der Waals surface area contributed by atoms with E-state index in [1.807, 2.05) is 0 Å². The van der Waals surface area contributed by atoms with E-state index < -0.39 is 10.8 Å². The van der Waals surface area contributed by atoms with Gasteiger partial charge in [-0.1, -0.05) is 23.2 Å².